The second kappa shape index (κ2) is 12.9. The van der Waals surface area contributed by atoms with Gasteiger partial charge < -0.3 is 15.5 Å². The van der Waals surface area contributed by atoms with Gasteiger partial charge in [0.2, 0.25) is 16.2 Å². The van der Waals surface area contributed by atoms with E-state index in [1.807, 2.05) is 23.9 Å². The predicted octanol–water partition coefficient (Wildman–Crippen LogP) is 4.76. The van der Waals surface area contributed by atoms with E-state index in [0.29, 0.717) is 22.7 Å². The number of carbonyl (C=O) groups is 1. The molecule has 2 fully saturated rings. The van der Waals surface area contributed by atoms with Gasteiger partial charge in [0.05, 0.1) is 0 Å². The number of amides is 1. The molecule has 1 atom stereocenters. The lowest BCUT2D eigenvalue weighted by Crippen LogP contribution is -2.34. The van der Waals surface area contributed by atoms with Gasteiger partial charge in [-0.15, -0.1) is 27.1 Å². The molecule has 38 heavy (non-hydrogen) atoms. The minimum atomic E-state index is 0.0273. The predicted molar refractivity (Wildman–Crippen MR) is 155 cm³/mol. The van der Waals surface area contributed by atoms with E-state index in [2.05, 4.69) is 78.9 Å². The lowest BCUT2D eigenvalue weighted by atomic mass is 9.93. The molecule has 2 aliphatic rings. The fourth-order valence-corrected chi connectivity index (χ4v) is 6.77. The Morgan fingerprint density at radius 3 is 2.66 bits per heavy atom. The van der Waals surface area contributed by atoms with E-state index in [4.69, 9.17) is 0 Å². The second-order valence-electron chi connectivity index (χ2n) is 10.3. The first kappa shape index (κ1) is 26.8. The topological polar surface area (TPSA) is 99.2 Å². The van der Waals surface area contributed by atoms with Crippen LogP contribution < -0.4 is 15.5 Å². The fraction of sp³-hybridized carbons (Fsp3) is 0.519. The molecule has 2 N–H and O–H groups in total. The summed E-state index contributed by atoms with van der Waals surface area (Å²) in [7, 11) is 0. The molecule has 1 aromatic carbocycles. The quantitative estimate of drug-likeness (QED) is 0.345. The Hall–Kier alpha value is -2.76. The summed E-state index contributed by atoms with van der Waals surface area (Å²) in [6, 6.07) is 12.9. The summed E-state index contributed by atoms with van der Waals surface area (Å²) in [6.07, 6.45) is 5.29. The summed E-state index contributed by atoms with van der Waals surface area (Å²) >= 11 is 3.32. The number of carbonyl (C=O) groups excluding carboxylic acids is 1. The maximum Gasteiger partial charge on any atom is 0.226 e. The van der Waals surface area contributed by atoms with E-state index in [9.17, 15) is 4.79 Å². The standard InChI is InChI=1S/C27H36N8OS2/c1-19(2)37-23-7-4-3-6-21(23)17-34-13-9-20(10-14-34)16-25(36)30-27-33-32-26(38-27)29-22-11-15-35(18-22)24-8-5-12-28-31-24/h3-8,12,19-20,22H,9-11,13-18H2,1-2H3,(H,29,32)(H,30,33,36)/t22-/m1/s1. The van der Waals surface area contributed by atoms with Crippen LogP contribution in [0.2, 0.25) is 0 Å². The van der Waals surface area contributed by atoms with Crippen LogP contribution in [0.3, 0.4) is 0 Å². The number of likely N-dealkylation sites (tertiary alicyclic amines) is 1. The number of aromatic nitrogens is 4. The van der Waals surface area contributed by atoms with E-state index < -0.39 is 0 Å². The number of thioether (sulfide) groups is 1. The van der Waals surface area contributed by atoms with Crippen LogP contribution in [0, 0.1) is 5.92 Å². The SMILES string of the molecule is CC(C)Sc1ccccc1CN1CCC(CC(=O)Nc2nnc(N[C@@H]3CCN(c4cccnn4)C3)s2)CC1. The van der Waals surface area contributed by atoms with Crippen molar-refractivity contribution in [3.8, 4) is 0 Å². The van der Waals surface area contributed by atoms with Gasteiger partial charge in [-0.1, -0.05) is 43.4 Å². The van der Waals surface area contributed by atoms with Crippen molar-refractivity contribution in [1.29, 1.82) is 0 Å². The van der Waals surface area contributed by atoms with Crippen molar-refractivity contribution in [2.24, 2.45) is 5.92 Å². The monoisotopic (exact) mass is 552 g/mol. The molecule has 2 aromatic heterocycles. The van der Waals surface area contributed by atoms with E-state index in [1.165, 1.54) is 21.8 Å². The Balaban J connectivity index is 1.03. The summed E-state index contributed by atoms with van der Waals surface area (Å²) in [4.78, 5) is 18.8. The zero-order valence-corrected chi connectivity index (χ0v) is 23.7. The zero-order chi connectivity index (χ0) is 26.3. The third-order valence-electron chi connectivity index (χ3n) is 6.98. The van der Waals surface area contributed by atoms with Crippen molar-refractivity contribution in [3.05, 3.63) is 48.2 Å². The van der Waals surface area contributed by atoms with Crippen molar-refractivity contribution < 1.29 is 4.79 Å². The largest absolute Gasteiger partial charge is 0.355 e. The highest BCUT2D eigenvalue weighted by Gasteiger charge is 2.25. The molecule has 0 spiro atoms. The van der Waals surface area contributed by atoms with Crippen molar-refractivity contribution in [2.45, 2.75) is 62.3 Å². The van der Waals surface area contributed by atoms with Gasteiger partial charge in [-0.25, -0.2) is 0 Å². The molecule has 0 aliphatic carbocycles. The van der Waals surface area contributed by atoms with Crippen LogP contribution in [-0.2, 0) is 11.3 Å². The van der Waals surface area contributed by atoms with Crippen LogP contribution in [0.1, 0.15) is 45.1 Å². The molecule has 2 aliphatic heterocycles. The van der Waals surface area contributed by atoms with Crippen LogP contribution in [0.4, 0.5) is 16.1 Å². The number of piperidine rings is 1. The number of nitrogens with zero attached hydrogens (tertiary/aromatic N) is 6. The average Bonchev–Trinajstić information content (AvgIpc) is 3.56. The Labute approximate surface area is 232 Å². The number of hydrogen-bond acceptors (Lipinski definition) is 10. The molecular formula is C27H36N8OS2. The summed E-state index contributed by atoms with van der Waals surface area (Å²) in [6.45, 7) is 9.26. The Bertz CT molecular complexity index is 1180. The van der Waals surface area contributed by atoms with Gasteiger partial charge in [-0.05, 0) is 62.0 Å². The first-order chi connectivity index (χ1) is 18.5. The van der Waals surface area contributed by atoms with Gasteiger partial charge >= 0.3 is 0 Å². The van der Waals surface area contributed by atoms with Gasteiger partial charge in [-0.2, -0.15) is 5.10 Å². The first-order valence-corrected chi connectivity index (χ1v) is 15.1. The molecule has 11 heteroatoms. The minimum absolute atomic E-state index is 0.0273. The smallest absolute Gasteiger partial charge is 0.226 e. The third kappa shape index (κ3) is 7.42. The maximum atomic E-state index is 12.7. The van der Waals surface area contributed by atoms with Gasteiger partial charge in [-0.3, -0.25) is 9.69 Å². The average molecular weight is 553 g/mol. The van der Waals surface area contributed by atoms with Gasteiger partial charge in [0.1, 0.15) is 0 Å². The van der Waals surface area contributed by atoms with Crippen molar-refractivity contribution >= 4 is 45.1 Å². The van der Waals surface area contributed by atoms with Crippen LogP contribution in [0.5, 0.6) is 0 Å². The van der Waals surface area contributed by atoms with E-state index in [0.717, 1.165) is 62.9 Å². The summed E-state index contributed by atoms with van der Waals surface area (Å²) in [5.74, 6) is 1.32. The fourth-order valence-electron chi connectivity index (χ4n) is 5.08. The number of rotatable bonds is 10. The molecule has 0 saturated carbocycles. The summed E-state index contributed by atoms with van der Waals surface area (Å²) in [5.41, 5.74) is 1.40. The van der Waals surface area contributed by atoms with Crippen LogP contribution in [0.15, 0.2) is 47.5 Å². The number of benzene rings is 1. The van der Waals surface area contributed by atoms with Crippen molar-refractivity contribution in [3.63, 3.8) is 0 Å². The maximum absolute atomic E-state index is 12.7. The van der Waals surface area contributed by atoms with Gasteiger partial charge in [0, 0.05) is 48.4 Å². The molecule has 0 bridgehead atoms. The molecule has 0 radical (unpaired) electrons. The van der Waals surface area contributed by atoms with Crippen molar-refractivity contribution in [2.75, 3.05) is 41.7 Å². The normalized spacial score (nSPS) is 18.7. The lowest BCUT2D eigenvalue weighted by Gasteiger charge is -2.32. The van der Waals surface area contributed by atoms with E-state index >= 15 is 0 Å². The lowest BCUT2D eigenvalue weighted by molar-refractivity contribution is -0.117. The molecule has 1 amide bonds. The van der Waals surface area contributed by atoms with Crippen molar-refractivity contribution in [1.82, 2.24) is 25.3 Å². The van der Waals surface area contributed by atoms with Gasteiger partial charge in [0.15, 0.2) is 5.82 Å². The molecule has 9 nitrogen and oxygen atoms in total. The summed E-state index contributed by atoms with van der Waals surface area (Å²) in [5, 5.41) is 24.9. The van der Waals surface area contributed by atoms with Gasteiger partial charge in [0.25, 0.3) is 0 Å². The molecule has 5 rings (SSSR count). The van der Waals surface area contributed by atoms with Crippen LogP contribution >= 0.6 is 23.1 Å². The van der Waals surface area contributed by atoms with E-state index in [-0.39, 0.29) is 11.9 Å². The molecule has 0 unspecified atom stereocenters. The zero-order valence-electron chi connectivity index (χ0n) is 22.0. The summed E-state index contributed by atoms with van der Waals surface area (Å²) < 4.78 is 0. The van der Waals surface area contributed by atoms with Crippen LogP contribution in [0.25, 0.3) is 0 Å². The number of nitrogens with one attached hydrogen (secondary N) is 2. The molecule has 3 aromatic rings. The molecular weight excluding hydrogens is 516 g/mol. The third-order valence-corrected chi connectivity index (χ3v) is 8.87. The highest BCUT2D eigenvalue weighted by Crippen LogP contribution is 2.30. The second-order valence-corrected chi connectivity index (χ2v) is 12.9. The Kier molecular flexibility index (Phi) is 9.08. The number of anilines is 3. The first-order valence-electron chi connectivity index (χ1n) is 13.4. The number of hydrogen-bond donors (Lipinski definition) is 2. The van der Waals surface area contributed by atoms with Crippen LogP contribution in [-0.4, -0.2) is 68.7 Å². The molecule has 4 heterocycles. The molecule has 202 valence electrons. The highest BCUT2D eigenvalue weighted by molar-refractivity contribution is 8.00. The Morgan fingerprint density at radius 2 is 1.87 bits per heavy atom. The molecule has 2 saturated heterocycles. The minimum Gasteiger partial charge on any atom is -0.355 e. The Morgan fingerprint density at radius 1 is 1.05 bits per heavy atom. The van der Waals surface area contributed by atoms with E-state index in [1.54, 1.807) is 6.20 Å². The highest BCUT2D eigenvalue weighted by atomic mass is 32.2.